The molecular formula is C4H5NO2S2. The fourth-order valence-corrected chi connectivity index (χ4v) is 1.54. The van der Waals surface area contributed by atoms with Gasteiger partial charge < -0.3 is 5.11 Å². The van der Waals surface area contributed by atoms with Gasteiger partial charge in [-0.25, -0.2) is 0 Å². The molecule has 1 N–H and O–H groups in total. The maximum absolute atomic E-state index is 9.92. The first-order valence-corrected chi connectivity index (χ1v) is 4.28. The standard InChI is InChI=1S/C4H5NO2S2/c6-3(7)1-5-4-8-2-9-4/h1-2H2,(H,6,7). The predicted octanol–water partition coefficient (Wildman–Crippen LogP) is 0.865. The van der Waals surface area contributed by atoms with Crippen molar-refractivity contribution in [3.63, 3.8) is 0 Å². The molecular weight excluding hydrogens is 158 g/mol. The van der Waals surface area contributed by atoms with Crippen molar-refractivity contribution in [2.45, 2.75) is 0 Å². The number of aliphatic carboxylic acids is 1. The average molecular weight is 163 g/mol. The molecule has 0 aromatic rings. The van der Waals surface area contributed by atoms with Crippen molar-refractivity contribution < 1.29 is 9.90 Å². The second-order valence-electron chi connectivity index (χ2n) is 1.38. The van der Waals surface area contributed by atoms with Gasteiger partial charge in [-0.3, -0.25) is 9.79 Å². The lowest BCUT2D eigenvalue weighted by Gasteiger charge is -2.11. The molecule has 0 radical (unpaired) electrons. The minimum Gasteiger partial charge on any atom is -0.480 e. The van der Waals surface area contributed by atoms with Crippen LogP contribution in [0.4, 0.5) is 0 Å². The van der Waals surface area contributed by atoms with E-state index in [-0.39, 0.29) is 6.54 Å². The van der Waals surface area contributed by atoms with Gasteiger partial charge in [0.25, 0.3) is 0 Å². The summed E-state index contributed by atoms with van der Waals surface area (Å²) >= 11 is 3.19. The number of rotatable bonds is 2. The normalized spacial score (nSPS) is 16.7. The van der Waals surface area contributed by atoms with Gasteiger partial charge >= 0.3 is 5.97 Å². The summed E-state index contributed by atoms with van der Waals surface area (Å²) in [7, 11) is 0. The summed E-state index contributed by atoms with van der Waals surface area (Å²) in [5.74, 6) is -0.865. The van der Waals surface area contributed by atoms with E-state index < -0.39 is 5.97 Å². The number of aliphatic imine (C=N–C) groups is 1. The summed E-state index contributed by atoms with van der Waals surface area (Å²) in [5, 5.41) is 9.17. The first kappa shape index (κ1) is 6.95. The van der Waals surface area contributed by atoms with Crippen molar-refractivity contribution in [3.05, 3.63) is 0 Å². The summed E-state index contributed by atoms with van der Waals surface area (Å²) in [4.78, 5) is 13.7. The molecule has 9 heavy (non-hydrogen) atoms. The van der Waals surface area contributed by atoms with Crippen molar-refractivity contribution in [2.75, 3.05) is 11.6 Å². The molecule has 0 unspecified atom stereocenters. The third kappa shape index (κ3) is 2.28. The van der Waals surface area contributed by atoms with Gasteiger partial charge in [0.2, 0.25) is 0 Å². The van der Waals surface area contributed by atoms with Crippen LogP contribution in [0.25, 0.3) is 0 Å². The van der Waals surface area contributed by atoms with Gasteiger partial charge in [0.1, 0.15) is 10.9 Å². The van der Waals surface area contributed by atoms with Crippen LogP contribution in [0.3, 0.4) is 0 Å². The zero-order valence-corrected chi connectivity index (χ0v) is 6.17. The summed E-state index contributed by atoms with van der Waals surface area (Å²) in [6.07, 6.45) is 0. The van der Waals surface area contributed by atoms with Crippen LogP contribution in [0.15, 0.2) is 4.99 Å². The number of carboxylic acid groups (broad SMARTS) is 1. The first-order valence-electron chi connectivity index (χ1n) is 2.31. The molecule has 1 aliphatic heterocycles. The minimum absolute atomic E-state index is 0.0880. The molecule has 5 heteroatoms. The summed E-state index contributed by atoms with van der Waals surface area (Å²) in [5.41, 5.74) is 0. The molecule has 1 rings (SSSR count). The maximum Gasteiger partial charge on any atom is 0.325 e. The Labute approximate surface area is 60.9 Å². The Balaban J connectivity index is 2.22. The molecule has 0 aromatic heterocycles. The van der Waals surface area contributed by atoms with Gasteiger partial charge in [0, 0.05) is 0 Å². The van der Waals surface area contributed by atoms with E-state index >= 15 is 0 Å². The van der Waals surface area contributed by atoms with Crippen LogP contribution in [-0.2, 0) is 4.79 Å². The van der Waals surface area contributed by atoms with Crippen molar-refractivity contribution >= 4 is 33.9 Å². The van der Waals surface area contributed by atoms with E-state index in [2.05, 4.69) is 4.99 Å². The summed E-state index contributed by atoms with van der Waals surface area (Å²) < 4.78 is 0.900. The molecule has 0 aliphatic carbocycles. The van der Waals surface area contributed by atoms with E-state index in [9.17, 15) is 4.79 Å². The largest absolute Gasteiger partial charge is 0.480 e. The molecule has 3 nitrogen and oxygen atoms in total. The highest BCUT2D eigenvalue weighted by atomic mass is 32.3. The molecule has 0 atom stereocenters. The Hall–Kier alpha value is -0.160. The van der Waals surface area contributed by atoms with E-state index in [1.54, 1.807) is 23.5 Å². The molecule has 0 saturated carbocycles. The second kappa shape index (κ2) is 3.12. The number of hydrogen-bond acceptors (Lipinski definition) is 4. The van der Waals surface area contributed by atoms with Gasteiger partial charge in [-0.05, 0) is 0 Å². The van der Waals surface area contributed by atoms with E-state index in [1.165, 1.54) is 0 Å². The Morgan fingerprint density at radius 2 is 2.44 bits per heavy atom. The highest BCUT2D eigenvalue weighted by Gasteiger charge is 2.11. The van der Waals surface area contributed by atoms with E-state index in [0.717, 1.165) is 9.46 Å². The zero-order valence-electron chi connectivity index (χ0n) is 4.53. The van der Waals surface area contributed by atoms with E-state index in [0.29, 0.717) is 0 Å². The van der Waals surface area contributed by atoms with Gasteiger partial charge in [0.15, 0.2) is 0 Å². The lowest BCUT2D eigenvalue weighted by atomic mass is 10.7. The van der Waals surface area contributed by atoms with E-state index in [4.69, 9.17) is 5.11 Å². The molecule has 0 bridgehead atoms. The van der Waals surface area contributed by atoms with Gasteiger partial charge in [-0.1, -0.05) is 23.5 Å². The lowest BCUT2D eigenvalue weighted by Crippen LogP contribution is -2.05. The lowest BCUT2D eigenvalue weighted by molar-refractivity contribution is -0.135. The molecule has 1 aliphatic rings. The summed E-state index contributed by atoms with van der Waals surface area (Å²) in [6, 6.07) is 0. The summed E-state index contributed by atoms with van der Waals surface area (Å²) in [6.45, 7) is -0.0880. The Morgan fingerprint density at radius 3 is 2.78 bits per heavy atom. The topological polar surface area (TPSA) is 49.7 Å². The van der Waals surface area contributed by atoms with Gasteiger partial charge in [-0.2, -0.15) is 0 Å². The molecule has 0 spiro atoms. The van der Waals surface area contributed by atoms with Crippen molar-refractivity contribution in [3.8, 4) is 0 Å². The Kier molecular flexibility index (Phi) is 2.41. The van der Waals surface area contributed by atoms with Crippen LogP contribution < -0.4 is 0 Å². The number of carboxylic acids is 1. The maximum atomic E-state index is 9.92. The Bertz CT molecular complexity index is 151. The van der Waals surface area contributed by atoms with Gasteiger partial charge in [0.05, 0.1) is 5.08 Å². The molecule has 1 saturated heterocycles. The van der Waals surface area contributed by atoms with Crippen LogP contribution >= 0.6 is 23.5 Å². The molecule has 0 aromatic carbocycles. The SMILES string of the molecule is O=C(O)CN=C1SCS1. The van der Waals surface area contributed by atoms with Crippen LogP contribution in [0, 0.1) is 0 Å². The average Bonchev–Trinajstić information content (AvgIpc) is 1.60. The fourth-order valence-electron chi connectivity index (χ4n) is 0.335. The van der Waals surface area contributed by atoms with Crippen molar-refractivity contribution in [1.82, 2.24) is 0 Å². The highest BCUT2D eigenvalue weighted by molar-refractivity contribution is 8.52. The Morgan fingerprint density at radius 1 is 1.78 bits per heavy atom. The second-order valence-corrected chi connectivity index (χ2v) is 3.93. The van der Waals surface area contributed by atoms with Crippen molar-refractivity contribution in [2.24, 2.45) is 4.99 Å². The van der Waals surface area contributed by atoms with Crippen LogP contribution in [-0.4, -0.2) is 27.1 Å². The van der Waals surface area contributed by atoms with Crippen LogP contribution in [0.1, 0.15) is 0 Å². The van der Waals surface area contributed by atoms with Crippen molar-refractivity contribution in [1.29, 1.82) is 0 Å². The minimum atomic E-state index is -0.865. The third-order valence-electron chi connectivity index (χ3n) is 0.708. The molecule has 0 amide bonds. The quantitative estimate of drug-likeness (QED) is 0.656. The zero-order chi connectivity index (χ0) is 6.69. The van der Waals surface area contributed by atoms with Crippen LogP contribution in [0.5, 0.6) is 0 Å². The third-order valence-corrected chi connectivity index (χ3v) is 3.11. The van der Waals surface area contributed by atoms with Crippen LogP contribution in [0.2, 0.25) is 0 Å². The fraction of sp³-hybridized carbons (Fsp3) is 0.500. The predicted molar refractivity (Wildman–Crippen MR) is 40.0 cm³/mol. The molecule has 1 fully saturated rings. The number of hydrogen-bond donors (Lipinski definition) is 1. The number of carbonyl (C=O) groups is 1. The smallest absolute Gasteiger partial charge is 0.325 e. The number of thioether (sulfide) groups is 2. The van der Waals surface area contributed by atoms with Gasteiger partial charge in [-0.15, -0.1) is 0 Å². The highest BCUT2D eigenvalue weighted by Crippen LogP contribution is 2.32. The molecule has 50 valence electrons. The van der Waals surface area contributed by atoms with E-state index in [1.807, 2.05) is 0 Å². The first-order chi connectivity index (χ1) is 4.29. The number of nitrogens with zero attached hydrogens (tertiary/aromatic N) is 1. The molecule has 1 heterocycles. The monoisotopic (exact) mass is 163 g/mol.